The van der Waals surface area contributed by atoms with Gasteiger partial charge in [-0.2, -0.15) is 0 Å². The van der Waals surface area contributed by atoms with E-state index in [0.717, 1.165) is 0 Å². The summed E-state index contributed by atoms with van der Waals surface area (Å²) in [5.74, 6) is 3.65. The van der Waals surface area contributed by atoms with E-state index in [1.165, 1.54) is 0 Å². The van der Waals surface area contributed by atoms with Crippen molar-refractivity contribution in [2.75, 3.05) is 11.5 Å². The van der Waals surface area contributed by atoms with E-state index in [4.69, 9.17) is 25.7 Å². The molecule has 0 bridgehead atoms. The van der Waals surface area contributed by atoms with Crippen molar-refractivity contribution in [1.82, 2.24) is 0 Å². The van der Waals surface area contributed by atoms with E-state index in [9.17, 15) is 0 Å². The van der Waals surface area contributed by atoms with Gasteiger partial charge in [-0.25, -0.2) is 0 Å². The van der Waals surface area contributed by atoms with Gasteiger partial charge in [0.1, 0.15) is 17.2 Å². The van der Waals surface area contributed by atoms with Crippen LogP contribution in [0.4, 0.5) is 11.4 Å². The number of benzene rings is 4. The number of anilines is 2. The summed E-state index contributed by atoms with van der Waals surface area (Å²) in [5.41, 5.74) is 13.0. The summed E-state index contributed by atoms with van der Waals surface area (Å²) >= 11 is 0. The number of hydrogen-bond acceptors (Lipinski definition) is 5. The van der Waals surface area contributed by atoms with Gasteiger partial charge in [0.15, 0.2) is 17.2 Å². The highest BCUT2D eigenvalue weighted by atomic mass is 16.5. The van der Waals surface area contributed by atoms with Crippen LogP contribution < -0.4 is 25.7 Å². The van der Waals surface area contributed by atoms with Crippen LogP contribution in [0.1, 0.15) is 0 Å². The normalized spacial score (nSPS) is 10.3. The van der Waals surface area contributed by atoms with Gasteiger partial charge in [-0.3, -0.25) is 0 Å². The molecule has 4 N–H and O–H groups in total. The van der Waals surface area contributed by atoms with E-state index in [1.807, 2.05) is 84.9 Å². The molecule has 0 saturated heterocycles. The van der Waals surface area contributed by atoms with Crippen LogP contribution >= 0.6 is 0 Å². The first kappa shape index (κ1) is 18.3. The molecule has 0 heterocycles. The summed E-state index contributed by atoms with van der Waals surface area (Å²) < 4.78 is 17.8. The molecule has 0 aliphatic heterocycles. The van der Waals surface area contributed by atoms with Crippen molar-refractivity contribution in [3.63, 3.8) is 0 Å². The van der Waals surface area contributed by atoms with E-state index in [1.54, 1.807) is 12.1 Å². The van der Waals surface area contributed by atoms with E-state index >= 15 is 0 Å². The average Bonchev–Trinajstić information content (AvgIpc) is 2.74. The number of hydrogen-bond donors (Lipinski definition) is 2. The van der Waals surface area contributed by atoms with Crippen LogP contribution in [-0.2, 0) is 0 Å². The van der Waals surface area contributed by atoms with Crippen molar-refractivity contribution >= 4 is 11.4 Å². The minimum Gasteiger partial charge on any atom is -0.455 e. The number of ether oxygens (including phenoxy) is 3. The molecule has 4 aromatic rings. The molecule has 4 rings (SSSR count). The molecule has 0 saturated carbocycles. The highest BCUT2D eigenvalue weighted by molar-refractivity contribution is 5.56. The lowest BCUT2D eigenvalue weighted by Gasteiger charge is -2.14. The lowest BCUT2D eigenvalue weighted by atomic mass is 10.2. The summed E-state index contributed by atoms with van der Waals surface area (Å²) in [4.78, 5) is 0. The first-order chi connectivity index (χ1) is 14.2. The Bertz CT molecular complexity index is 1110. The molecule has 4 aromatic carbocycles. The van der Waals surface area contributed by atoms with Crippen molar-refractivity contribution in [2.45, 2.75) is 0 Å². The summed E-state index contributed by atoms with van der Waals surface area (Å²) in [7, 11) is 0. The largest absolute Gasteiger partial charge is 0.455 e. The number of para-hydroxylation sites is 6. The van der Waals surface area contributed by atoms with Gasteiger partial charge in [-0.1, -0.05) is 36.4 Å². The maximum Gasteiger partial charge on any atom is 0.170 e. The van der Waals surface area contributed by atoms with Gasteiger partial charge >= 0.3 is 0 Å². The maximum atomic E-state index is 6.00. The van der Waals surface area contributed by atoms with Gasteiger partial charge in [0.2, 0.25) is 0 Å². The maximum absolute atomic E-state index is 6.00. The minimum atomic E-state index is 0.559. The van der Waals surface area contributed by atoms with E-state index < -0.39 is 0 Å². The Kier molecular flexibility index (Phi) is 5.21. The summed E-state index contributed by atoms with van der Waals surface area (Å²) in [6.45, 7) is 0. The lowest BCUT2D eigenvalue weighted by molar-refractivity contribution is 0.419. The van der Waals surface area contributed by atoms with Crippen LogP contribution in [0.25, 0.3) is 0 Å². The molecule has 0 aromatic heterocycles. The van der Waals surface area contributed by atoms with Crippen molar-refractivity contribution in [3.8, 4) is 34.5 Å². The zero-order valence-electron chi connectivity index (χ0n) is 15.6. The first-order valence-corrected chi connectivity index (χ1v) is 9.11. The SMILES string of the molecule is Nc1ccccc1Oc1ccc(Oc2ccccc2Oc2ccccc2N)cc1. The van der Waals surface area contributed by atoms with E-state index in [-0.39, 0.29) is 0 Å². The minimum absolute atomic E-state index is 0.559. The predicted octanol–water partition coefficient (Wildman–Crippen LogP) is 6.23. The van der Waals surface area contributed by atoms with Crippen molar-refractivity contribution < 1.29 is 14.2 Å². The molecule has 5 nitrogen and oxygen atoms in total. The molecule has 5 heteroatoms. The Balaban J connectivity index is 1.50. The van der Waals surface area contributed by atoms with Crippen LogP contribution in [-0.4, -0.2) is 0 Å². The molecule has 0 spiro atoms. The fourth-order valence-corrected chi connectivity index (χ4v) is 2.71. The van der Waals surface area contributed by atoms with Gasteiger partial charge in [0, 0.05) is 0 Å². The highest BCUT2D eigenvalue weighted by Gasteiger charge is 2.09. The van der Waals surface area contributed by atoms with Crippen LogP contribution in [0.15, 0.2) is 97.1 Å². The second kappa shape index (κ2) is 8.27. The number of rotatable bonds is 6. The fraction of sp³-hybridized carbons (Fsp3) is 0. The standard InChI is InChI=1S/C24H20N2O3/c25-19-7-1-3-9-21(19)27-17-13-15-18(16-14-17)28-23-11-5-6-12-24(23)29-22-10-4-2-8-20(22)26/h1-16H,25-26H2. The Morgan fingerprint density at radius 1 is 0.379 bits per heavy atom. The molecule has 0 aliphatic carbocycles. The second-order valence-electron chi connectivity index (χ2n) is 6.30. The number of nitrogen functional groups attached to an aromatic ring is 2. The molecule has 144 valence electrons. The van der Waals surface area contributed by atoms with Crippen LogP contribution in [0.2, 0.25) is 0 Å². The van der Waals surface area contributed by atoms with Gasteiger partial charge in [-0.05, 0) is 60.7 Å². The molecular formula is C24H20N2O3. The smallest absolute Gasteiger partial charge is 0.170 e. The zero-order chi connectivity index (χ0) is 20.1. The number of nitrogens with two attached hydrogens (primary N) is 2. The molecule has 0 unspecified atom stereocenters. The lowest BCUT2D eigenvalue weighted by Crippen LogP contribution is -1.94. The molecule has 0 amide bonds. The first-order valence-electron chi connectivity index (χ1n) is 9.11. The average molecular weight is 384 g/mol. The molecular weight excluding hydrogens is 364 g/mol. The molecule has 0 radical (unpaired) electrons. The summed E-state index contributed by atoms with van der Waals surface area (Å²) in [6, 6.07) is 29.4. The summed E-state index contributed by atoms with van der Waals surface area (Å²) in [6.07, 6.45) is 0. The third-order valence-electron chi connectivity index (χ3n) is 4.19. The van der Waals surface area contributed by atoms with Crippen molar-refractivity contribution in [2.24, 2.45) is 0 Å². The van der Waals surface area contributed by atoms with E-state index in [2.05, 4.69) is 0 Å². The van der Waals surface area contributed by atoms with Crippen LogP contribution in [0.3, 0.4) is 0 Å². The van der Waals surface area contributed by atoms with Crippen molar-refractivity contribution in [1.29, 1.82) is 0 Å². The second-order valence-corrected chi connectivity index (χ2v) is 6.30. The fourth-order valence-electron chi connectivity index (χ4n) is 2.71. The Morgan fingerprint density at radius 3 is 1.21 bits per heavy atom. The quantitative estimate of drug-likeness (QED) is 0.385. The Morgan fingerprint density at radius 2 is 0.724 bits per heavy atom. The topological polar surface area (TPSA) is 79.7 Å². The molecule has 0 fully saturated rings. The van der Waals surface area contributed by atoms with Gasteiger partial charge in [-0.15, -0.1) is 0 Å². The Labute approximate surface area is 169 Å². The van der Waals surface area contributed by atoms with Crippen LogP contribution in [0, 0.1) is 0 Å². The monoisotopic (exact) mass is 384 g/mol. The predicted molar refractivity (Wildman–Crippen MR) is 115 cm³/mol. The van der Waals surface area contributed by atoms with E-state index in [0.29, 0.717) is 45.9 Å². The third kappa shape index (κ3) is 4.42. The third-order valence-corrected chi connectivity index (χ3v) is 4.19. The van der Waals surface area contributed by atoms with Crippen molar-refractivity contribution in [3.05, 3.63) is 97.1 Å². The molecule has 29 heavy (non-hydrogen) atoms. The Hall–Kier alpha value is -4.12. The van der Waals surface area contributed by atoms with Crippen LogP contribution in [0.5, 0.6) is 34.5 Å². The van der Waals surface area contributed by atoms with Gasteiger partial charge in [0.25, 0.3) is 0 Å². The molecule has 0 atom stereocenters. The van der Waals surface area contributed by atoms with Gasteiger partial charge in [0.05, 0.1) is 11.4 Å². The summed E-state index contributed by atoms with van der Waals surface area (Å²) in [5, 5.41) is 0. The van der Waals surface area contributed by atoms with Gasteiger partial charge < -0.3 is 25.7 Å². The highest BCUT2D eigenvalue weighted by Crippen LogP contribution is 2.37. The zero-order valence-corrected chi connectivity index (χ0v) is 15.6. The molecule has 0 aliphatic rings.